The Labute approximate surface area is 184 Å². The van der Waals surface area contributed by atoms with Crippen molar-refractivity contribution in [1.29, 1.82) is 0 Å². The molecule has 0 amide bonds. The molecule has 2 rings (SSSR count). The number of fused-ring (bicyclic) bond motifs is 1. The van der Waals surface area contributed by atoms with Gasteiger partial charge in [0.05, 0.1) is 5.71 Å². The third kappa shape index (κ3) is 5.43. The summed E-state index contributed by atoms with van der Waals surface area (Å²) in [4.78, 5) is 8.96. The van der Waals surface area contributed by atoms with Crippen molar-refractivity contribution >= 4 is 28.5 Å². The molecule has 0 spiro atoms. The van der Waals surface area contributed by atoms with E-state index in [0.717, 1.165) is 22.1 Å². The predicted octanol–water partition coefficient (Wildman–Crippen LogP) is 7.59. The predicted molar refractivity (Wildman–Crippen MR) is 136 cm³/mol. The normalized spacial score (nSPS) is 13.3. The Morgan fingerprint density at radius 2 is 1.68 bits per heavy atom. The quantitative estimate of drug-likeness (QED) is 0.285. The molecule has 154 valence electrons. The van der Waals surface area contributed by atoms with E-state index in [0.29, 0.717) is 22.8 Å². The summed E-state index contributed by atoms with van der Waals surface area (Å²) < 4.78 is 6.04. The van der Waals surface area contributed by atoms with Crippen LogP contribution in [0.25, 0.3) is 22.7 Å². The molecule has 0 aromatic carbocycles. The van der Waals surface area contributed by atoms with Crippen molar-refractivity contribution in [3.8, 4) is 0 Å². The van der Waals surface area contributed by atoms with Crippen LogP contribution in [-0.4, -0.2) is 10.7 Å². The summed E-state index contributed by atoms with van der Waals surface area (Å²) in [7, 11) is 0. The van der Waals surface area contributed by atoms with Gasteiger partial charge in [-0.15, -0.1) is 0 Å². The van der Waals surface area contributed by atoms with Crippen molar-refractivity contribution < 1.29 is 4.42 Å². The van der Waals surface area contributed by atoms with E-state index in [2.05, 4.69) is 49.4 Å². The van der Waals surface area contributed by atoms with Gasteiger partial charge in [0.2, 0.25) is 5.71 Å². The van der Waals surface area contributed by atoms with Gasteiger partial charge in [0.25, 0.3) is 0 Å². The molecule has 2 heterocycles. The van der Waals surface area contributed by atoms with Crippen LogP contribution in [0.1, 0.15) is 11.3 Å². The highest BCUT2D eigenvalue weighted by atomic mass is 16.3. The summed E-state index contributed by atoms with van der Waals surface area (Å²) in [6.45, 7) is 23.1. The fraction of sp³-hybridized carbons (Fsp3) is 0. The van der Waals surface area contributed by atoms with Gasteiger partial charge >= 0.3 is 0 Å². The molecule has 0 fully saturated rings. The van der Waals surface area contributed by atoms with Crippen LogP contribution >= 0.6 is 0 Å². The van der Waals surface area contributed by atoms with Crippen molar-refractivity contribution in [3.63, 3.8) is 0 Å². The summed E-state index contributed by atoms with van der Waals surface area (Å²) in [6.07, 6.45) is 21.1. The summed E-state index contributed by atoms with van der Waals surface area (Å²) in [5.74, 6) is 0.601. The molecule has 0 atom stereocenters. The van der Waals surface area contributed by atoms with E-state index in [1.165, 1.54) is 0 Å². The largest absolute Gasteiger partial charge is 0.437 e. The lowest BCUT2D eigenvalue weighted by atomic mass is 10.0. The third-order valence-electron chi connectivity index (χ3n) is 4.35. The molecule has 0 bridgehead atoms. The second-order valence-corrected chi connectivity index (χ2v) is 6.17. The number of aromatic nitrogens is 1. The van der Waals surface area contributed by atoms with Crippen LogP contribution in [0.15, 0.2) is 139 Å². The van der Waals surface area contributed by atoms with Crippen molar-refractivity contribution in [1.82, 2.24) is 4.98 Å². The molecule has 0 saturated heterocycles. The lowest BCUT2D eigenvalue weighted by Gasteiger charge is -2.06. The zero-order chi connectivity index (χ0) is 22.6. The monoisotopic (exact) mass is 406 g/mol. The Kier molecular flexibility index (Phi) is 8.69. The number of hydrogen-bond donors (Lipinski definition) is 0. The van der Waals surface area contributed by atoms with Gasteiger partial charge in [-0.05, 0) is 35.4 Å². The molecule has 3 heteroatoms. The van der Waals surface area contributed by atoms with Gasteiger partial charge in [-0.25, -0.2) is 4.98 Å². The van der Waals surface area contributed by atoms with Crippen LogP contribution < -0.4 is 0 Å². The van der Waals surface area contributed by atoms with E-state index in [1.807, 2.05) is 36.4 Å². The van der Waals surface area contributed by atoms with Gasteiger partial charge in [-0.2, -0.15) is 0 Å². The topological polar surface area (TPSA) is 38.4 Å². The average Bonchev–Trinajstić information content (AvgIpc) is 3.17. The molecular weight excluding hydrogens is 380 g/mol. The van der Waals surface area contributed by atoms with Crippen LogP contribution in [-0.2, 0) is 0 Å². The van der Waals surface area contributed by atoms with E-state index in [-0.39, 0.29) is 0 Å². The van der Waals surface area contributed by atoms with E-state index in [9.17, 15) is 0 Å². The first kappa shape index (κ1) is 23.0. The second-order valence-electron chi connectivity index (χ2n) is 6.17. The van der Waals surface area contributed by atoms with Gasteiger partial charge in [0.1, 0.15) is 5.76 Å². The Bertz CT molecular complexity index is 1180. The van der Waals surface area contributed by atoms with Crippen LogP contribution in [0.4, 0.5) is 0 Å². The third-order valence-corrected chi connectivity index (χ3v) is 4.35. The molecular formula is C28H26N2O. The lowest BCUT2D eigenvalue weighted by Crippen LogP contribution is -1.99. The highest BCUT2D eigenvalue weighted by molar-refractivity contribution is 6.30. The maximum atomic E-state index is 6.04. The molecule has 0 aliphatic rings. The van der Waals surface area contributed by atoms with Crippen molar-refractivity contribution in [2.45, 2.75) is 0 Å². The molecule has 0 N–H and O–H groups in total. The number of pyridine rings is 1. The Morgan fingerprint density at radius 3 is 2.29 bits per heavy atom. The Hall–Kier alpha value is -4.24. The Morgan fingerprint density at radius 1 is 0.903 bits per heavy atom. The van der Waals surface area contributed by atoms with Crippen molar-refractivity contribution in [2.24, 2.45) is 4.99 Å². The van der Waals surface area contributed by atoms with Crippen LogP contribution in [0.3, 0.4) is 0 Å². The van der Waals surface area contributed by atoms with Gasteiger partial charge < -0.3 is 4.42 Å². The fourth-order valence-corrected chi connectivity index (χ4v) is 2.89. The molecule has 2 aromatic heterocycles. The molecule has 0 aliphatic heterocycles. The first-order valence-corrected chi connectivity index (χ1v) is 9.63. The van der Waals surface area contributed by atoms with E-state index in [1.54, 1.807) is 48.9 Å². The highest BCUT2D eigenvalue weighted by Gasteiger charge is 2.18. The van der Waals surface area contributed by atoms with Crippen LogP contribution in [0.2, 0.25) is 0 Å². The van der Waals surface area contributed by atoms with Gasteiger partial charge in [0.15, 0.2) is 0 Å². The number of hydrogen-bond acceptors (Lipinski definition) is 3. The van der Waals surface area contributed by atoms with E-state index < -0.39 is 0 Å². The SMILES string of the molecule is C=C\C=C/C=C(C=C)/C(C=C)=C/N=C(C=C)\C(=C\C=C)c1oc2ncccc2c1C=C. The lowest BCUT2D eigenvalue weighted by molar-refractivity contribution is 0.589. The Balaban J connectivity index is 2.63. The smallest absolute Gasteiger partial charge is 0.227 e. The first-order valence-electron chi connectivity index (χ1n) is 9.63. The fourth-order valence-electron chi connectivity index (χ4n) is 2.89. The molecule has 2 aromatic rings. The zero-order valence-corrected chi connectivity index (χ0v) is 17.6. The zero-order valence-electron chi connectivity index (χ0n) is 17.6. The maximum absolute atomic E-state index is 6.04. The molecule has 0 radical (unpaired) electrons. The minimum atomic E-state index is 0.527. The number of aliphatic imine (C=N–C) groups is 1. The number of rotatable bonds is 11. The van der Waals surface area contributed by atoms with E-state index >= 15 is 0 Å². The molecule has 31 heavy (non-hydrogen) atoms. The maximum Gasteiger partial charge on any atom is 0.227 e. The number of nitrogens with zero attached hydrogens (tertiary/aromatic N) is 2. The molecule has 0 aliphatic carbocycles. The molecule has 0 saturated carbocycles. The number of furan rings is 1. The van der Waals surface area contributed by atoms with Crippen LogP contribution in [0, 0.1) is 0 Å². The first-order chi connectivity index (χ1) is 15.1. The number of allylic oxidation sites excluding steroid dienone is 12. The second kappa shape index (κ2) is 11.7. The molecule has 3 nitrogen and oxygen atoms in total. The van der Waals surface area contributed by atoms with Gasteiger partial charge in [-0.1, -0.05) is 88.1 Å². The minimum absolute atomic E-state index is 0.527. The summed E-state index contributed by atoms with van der Waals surface area (Å²) >= 11 is 0. The average molecular weight is 407 g/mol. The summed E-state index contributed by atoms with van der Waals surface area (Å²) in [6, 6.07) is 3.80. The van der Waals surface area contributed by atoms with Gasteiger partial charge in [0, 0.05) is 28.9 Å². The molecule has 0 unspecified atom stereocenters. The van der Waals surface area contributed by atoms with E-state index in [4.69, 9.17) is 4.42 Å². The van der Waals surface area contributed by atoms with Crippen molar-refractivity contribution in [2.75, 3.05) is 0 Å². The standard InChI is InChI=1S/C28H26N2O/c1-7-13-14-17-21(9-3)22(10-4)20-30-26(12-6)25(16-8-2)27-23(11-5)24-18-15-19-29-28(24)31-27/h7-20H,1-6H2/b14-13-,21-17+,22-20+,25-16-,30-26-. The van der Waals surface area contributed by atoms with Crippen molar-refractivity contribution in [3.05, 3.63) is 141 Å². The summed E-state index contributed by atoms with van der Waals surface area (Å²) in [5.41, 5.74) is 4.35. The highest BCUT2D eigenvalue weighted by Crippen LogP contribution is 2.31. The van der Waals surface area contributed by atoms with Gasteiger partial charge in [-0.3, -0.25) is 4.99 Å². The van der Waals surface area contributed by atoms with Crippen LogP contribution in [0.5, 0.6) is 0 Å². The summed E-state index contributed by atoms with van der Waals surface area (Å²) in [5, 5.41) is 0.874. The minimum Gasteiger partial charge on any atom is -0.437 e.